The number of amides is 2. The summed E-state index contributed by atoms with van der Waals surface area (Å²) in [5, 5.41) is 9.17. The molecule has 0 saturated carbocycles. The molecule has 25 heavy (non-hydrogen) atoms. The Morgan fingerprint density at radius 2 is 1.88 bits per heavy atom. The molecule has 3 aliphatic heterocycles. The summed E-state index contributed by atoms with van der Waals surface area (Å²) in [6, 6.07) is -0.0421. The average Bonchev–Trinajstić information content (AvgIpc) is 2.97. The third-order valence-corrected chi connectivity index (χ3v) is 5.81. The fourth-order valence-corrected chi connectivity index (χ4v) is 4.25. The highest BCUT2D eigenvalue weighted by Crippen LogP contribution is 2.51. The molecule has 138 valence electrons. The van der Waals surface area contributed by atoms with Crippen LogP contribution in [-0.2, 0) is 14.3 Å². The van der Waals surface area contributed by atoms with E-state index in [0.29, 0.717) is 38.0 Å². The Bertz CT molecular complexity index is 640. The van der Waals surface area contributed by atoms with Crippen molar-refractivity contribution in [3.63, 3.8) is 0 Å². The van der Waals surface area contributed by atoms with Gasteiger partial charge in [0, 0.05) is 25.2 Å². The summed E-state index contributed by atoms with van der Waals surface area (Å²) in [4.78, 5) is 39.4. The Morgan fingerprint density at radius 3 is 2.32 bits per heavy atom. The minimum absolute atomic E-state index is 0.00821. The molecule has 0 aliphatic carbocycles. The van der Waals surface area contributed by atoms with Gasteiger partial charge in [-0.1, -0.05) is 20.8 Å². The number of cyclic esters (lactones) is 1. The number of esters is 1. The maximum Gasteiger partial charge on any atom is 0.407 e. The summed E-state index contributed by atoms with van der Waals surface area (Å²) in [5.74, 6) is -0.404. The first-order valence-electron chi connectivity index (χ1n) is 8.79. The Hall–Kier alpha value is -2.05. The van der Waals surface area contributed by atoms with Gasteiger partial charge in [0.05, 0.1) is 11.1 Å². The number of ether oxygens (including phenoxy) is 1. The summed E-state index contributed by atoms with van der Waals surface area (Å²) < 4.78 is 5.21. The van der Waals surface area contributed by atoms with Crippen molar-refractivity contribution < 1.29 is 24.2 Å². The van der Waals surface area contributed by atoms with Crippen LogP contribution < -0.4 is 0 Å². The van der Waals surface area contributed by atoms with E-state index in [2.05, 4.69) is 20.8 Å². The van der Waals surface area contributed by atoms with Crippen molar-refractivity contribution in [1.29, 1.82) is 0 Å². The average molecular weight is 350 g/mol. The molecule has 7 heteroatoms. The van der Waals surface area contributed by atoms with E-state index >= 15 is 0 Å². The molecule has 0 aromatic rings. The van der Waals surface area contributed by atoms with Gasteiger partial charge in [-0.15, -0.1) is 0 Å². The number of rotatable bonds is 1. The zero-order valence-corrected chi connectivity index (χ0v) is 15.2. The Morgan fingerprint density at radius 1 is 1.28 bits per heavy atom. The van der Waals surface area contributed by atoms with E-state index in [1.807, 2.05) is 0 Å². The summed E-state index contributed by atoms with van der Waals surface area (Å²) in [7, 11) is 0. The molecule has 3 aliphatic rings. The van der Waals surface area contributed by atoms with Crippen LogP contribution in [0.4, 0.5) is 4.79 Å². The highest BCUT2D eigenvalue weighted by molar-refractivity contribution is 5.91. The van der Waals surface area contributed by atoms with E-state index < -0.39 is 23.6 Å². The lowest BCUT2D eigenvalue weighted by Crippen LogP contribution is -2.47. The quantitative estimate of drug-likeness (QED) is 0.733. The summed E-state index contributed by atoms with van der Waals surface area (Å²) in [6.45, 7) is 8.79. The van der Waals surface area contributed by atoms with Crippen LogP contribution >= 0.6 is 0 Å². The van der Waals surface area contributed by atoms with Crippen LogP contribution in [0.25, 0.3) is 0 Å². The van der Waals surface area contributed by atoms with E-state index in [1.165, 1.54) is 11.0 Å². The van der Waals surface area contributed by atoms with E-state index in [-0.39, 0.29) is 17.4 Å². The minimum atomic E-state index is -0.935. The number of likely N-dealkylation sites (tertiary alicyclic amines) is 2. The molecule has 7 nitrogen and oxygen atoms in total. The smallest absolute Gasteiger partial charge is 0.407 e. The van der Waals surface area contributed by atoms with Crippen molar-refractivity contribution in [2.75, 3.05) is 13.1 Å². The number of piperidine rings is 1. The van der Waals surface area contributed by atoms with Gasteiger partial charge in [-0.05, 0) is 31.6 Å². The first kappa shape index (κ1) is 17.8. The summed E-state index contributed by atoms with van der Waals surface area (Å²) in [6.07, 6.45) is 1.79. The second kappa shape index (κ2) is 5.75. The lowest BCUT2D eigenvalue weighted by Gasteiger charge is -2.36. The van der Waals surface area contributed by atoms with Crippen LogP contribution in [0.3, 0.4) is 0 Å². The van der Waals surface area contributed by atoms with Crippen LogP contribution in [0.15, 0.2) is 11.8 Å². The maximum absolute atomic E-state index is 13.4. The number of carboxylic acid groups (broad SMARTS) is 1. The maximum atomic E-state index is 13.4. The molecule has 2 saturated heterocycles. The molecule has 2 atom stereocenters. The number of hydrogen-bond acceptors (Lipinski definition) is 4. The van der Waals surface area contributed by atoms with Gasteiger partial charge in [-0.2, -0.15) is 0 Å². The van der Waals surface area contributed by atoms with Crippen molar-refractivity contribution in [1.82, 2.24) is 9.80 Å². The number of carbonyl (C=O) groups excluding carboxylic acids is 2. The molecule has 1 N–H and O–H groups in total. The van der Waals surface area contributed by atoms with E-state index in [1.54, 1.807) is 11.8 Å². The Balaban J connectivity index is 1.93. The lowest BCUT2D eigenvalue weighted by atomic mass is 9.72. The van der Waals surface area contributed by atoms with Crippen LogP contribution in [0, 0.1) is 10.8 Å². The molecule has 0 aromatic heterocycles. The van der Waals surface area contributed by atoms with Gasteiger partial charge in [0.2, 0.25) is 5.91 Å². The predicted molar refractivity (Wildman–Crippen MR) is 89.6 cm³/mol. The number of carbonyl (C=O) groups is 3. The van der Waals surface area contributed by atoms with Gasteiger partial charge in [-0.3, -0.25) is 4.79 Å². The van der Waals surface area contributed by atoms with Crippen molar-refractivity contribution >= 4 is 18.0 Å². The monoisotopic (exact) mass is 350 g/mol. The zero-order chi connectivity index (χ0) is 18.6. The van der Waals surface area contributed by atoms with Gasteiger partial charge in [-0.25, -0.2) is 9.59 Å². The van der Waals surface area contributed by atoms with Gasteiger partial charge in [0.1, 0.15) is 6.10 Å². The van der Waals surface area contributed by atoms with Gasteiger partial charge >= 0.3 is 12.1 Å². The molecule has 2 amide bonds. The largest absolute Gasteiger partial charge is 0.465 e. The van der Waals surface area contributed by atoms with E-state index in [4.69, 9.17) is 4.74 Å². The molecule has 2 fully saturated rings. The second-order valence-electron chi connectivity index (χ2n) is 8.46. The first-order chi connectivity index (χ1) is 11.5. The topological polar surface area (TPSA) is 87.2 Å². The van der Waals surface area contributed by atoms with E-state index in [9.17, 15) is 19.5 Å². The first-order valence-corrected chi connectivity index (χ1v) is 8.79. The molecular weight excluding hydrogens is 324 g/mol. The molecule has 3 heterocycles. The van der Waals surface area contributed by atoms with Crippen molar-refractivity contribution in [2.24, 2.45) is 10.8 Å². The molecular formula is C18H26N2O5. The normalized spacial score (nSPS) is 29.2. The number of hydrogen-bond donors (Lipinski definition) is 1. The van der Waals surface area contributed by atoms with Gasteiger partial charge < -0.3 is 19.6 Å². The standard InChI is InChI=1S/C18H26N2O5/c1-11-12(9-14(21)25-11)20-13(17(2,3)4)10-18(15(20)22)5-7-19(8-6-18)16(23)24/h9,11,13H,5-8,10H2,1-4H3,(H,23,24). The van der Waals surface area contributed by atoms with Gasteiger partial charge in [0.25, 0.3) is 0 Å². The Kier molecular flexibility index (Phi) is 4.08. The summed E-state index contributed by atoms with van der Waals surface area (Å²) in [5.41, 5.74) is -0.0711. The molecule has 3 rings (SSSR count). The highest BCUT2D eigenvalue weighted by Gasteiger charge is 2.57. The summed E-state index contributed by atoms with van der Waals surface area (Å²) >= 11 is 0. The molecule has 2 unspecified atom stereocenters. The van der Waals surface area contributed by atoms with Crippen molar-refractivity contribution in [3.8, 4) is 0 Å². The third kappa shape index (κ3) is 2.89. The lowest BCUT2D eigenvalue weighted by molar-refractivity contribution is -0.141. The SMILES string of the molecule is CC1OC(=O)C=C1N1C(=O)C2(CCN(C(=O)O)CC2)CC1C(C)(C)C. The van der Waals surface area contributed by atoms with Crippen LogP contribution in [-0.4, -0.2) is 58.1 Å². The fraction of sp³-hybridized carbons (Fsp3) is 0.722. The predicted octanol–water partition coefficient (Wildman–Crippen LogP) is 2.22. The molecule has 0 bridgehead atoms. The van der Waals surface area contributed by atoms with E-state index in [0.717, 1.165) is 0 Å². The van der Waals surface area contributed by atoms with Gasteiger partial charge in [0.15, 0.2) is 0 Å². The minimum Gasteiger partial charge on any atom is -0.465 e. The molecule has 1 spiro atoms. The highest BCUT2D eigenvalue weighted by atomic mass is 16.5. The zero-order valence-electron chi connectivity index (χ0n) is 15.2. The number of nitrogens with zero attached hydrogens (tertiary/aromatic N) is 2. The molecule has 0 radical (unpaired) electrons. The second-order valence-corrected chi connectivity index (χ2v) is 8.46. The molecule has 0 aromatic carbocycles. The fourth-order valence-electron chi connectivity index (χ4n) is 4.25. The van der Waals surface area contributed by atoms with Crippen LogP contribution in [0.2, 0.25) is 0 Å². The Labute approximate surface area is 147 Å². The van der Waals surface area contributed by atoms with Crippen LogP contribution in [0.1, 0.15) is 47.0 Å². The van der Waals surface area contributed by atoms with Crippen molar-refractivity contribution in [2.45, 2.75) is 59.1 Å². The van der Waals surface area contributed by atoms with Crippen molar-refractivity contribution in [3.05, 3.63) is 11.8 Å². The van der Waals surface area contributed by atoms with Crippen LogP contribution in [0.5, 0.6) is 0 Å². The third-order valence-electron chi connectivity index (χ3n) is 5.81.